The van der Waals surface area contributed by atoms with Gasteiger partial charge in [0.2, 0.25) is 0 Å². The Labute approximate surface area is 168 Å². The normalized spacial score (nSPS) is 11.6. The molecule has 28 heavy (non-hydrogen) atoms. The summed E-state index contributed by atoms with van der Waals surface area (Å²) in [5, 5.41) is 6.86. The van der Waals surface area contributed by atoms with Crippen LogP contribution in [-0.2, 0) is 6.42 Å². The number of alkyl halides is 3. The monoisotopic (exact) mass is 427 g/mol. The molecule has 0 radical (unpaired) electrons. The van der Waals surface area contributed by atoms with E-state index in [4.69, 9.17) is 11.6 Å². The van der Waals surface area contributed by atoms with Crippen molar-refractivity contribution in [2.24, 2.45) is 0 Å². The van der Waals surface area contributed by atoms with Crippen LogP contribution in [0.5, 0.6) is 0 Å². The van der Waals surface area contributed by atoms with E-state index in [9.17, 15) is 18.0 Å². The number of urea groups is 1. The molecule has 0 spiro atoms. The summed E-state index contributed by atoms with van der Waals surface area (Å²) in [7, 11) is 0. The first-order valence-corrected chi connectivity index (χ1v) is 9.81. The molecule has 0 aliphatic heterocycles. The molecule has 9 heteroatoms. The number of amides is 2. The van der Waals surface area contributed by atoms with Crippen LogP contribution in [0.15, 0.2) is 48.7 Å². The summed E-state index contributed by atoms with van der Waals surface area (Å²) in [4.78, 5) is 15.3. The Bertz CT molecular complexity index is 957. The van der Waals surface area contributed by atoms with Crippen LogP contribution < -0.4 is 10.6 Å². The quantitative estimate of drug-likeness (QED) is 0.386. The van der Waals surface area contributed by atoms with Gasteiger partial charge in [0.1, 0.15) is 0 Å². The fourth-order valence-electron chi connectivity index (χ4n) is 2.70. The lowest BCUT2D eigenvalue weighted by molar-refractivity contribution is -0.0328. The van der Waals surface area contributed by atoms with E-state index >= 15 is 0 Å². The summed E-state index contributed by atoms with van der Waals surface area (Å²) in [6.45, 7) is 0. The van der Waals surface area contributed by atoms with E-state index in [1.54, 1.807) is 42.6 Å². The molecule has 0 saturated heterocycles. The Morgan fingerprint density at radius 3 is 2.57 bits per heavy atom. The van der Waals surface area contributed by atoms with Gasteiger partial charge in [-0.15, -0.1) is 0 Å². The molecule has 0 aliphatic rings. The predicted octanol–water partition coefficient (Wildman–Crippen LogP) is 6.65. The summed E-state index contributed by atoms with van der Waals surface area (Å²) < 4.78 is 36.3. The van der Waals surface area contributed by atoms with Crippen LogP contribution in [0.2, 0.25) is 5.02 Å². The predicted molar refractivity (Wildman–Crippen MR) is 109 cm³/mol. The standard InChI is InChI=1S/C19H17ClF3N3OS/c20-13-5-8-16-15(10-13)17(11-24-16)26-18(27)25-14-6-3-12(4-7-14)2-1-9-28-19(21,22)23/h3-8,10-11,24H,1-2,9H2,(H2,25,26,27). The number of hydrogen-bond donors (Lipinski definition) is 3. The molecule has 1 heterocycles. The average molecular weight is 428 g/mol. The Hall–Kier alpha value is -2.32. The SMILES string of the molecule is O=C(Nc1ccc(CCCSC(F)(F)F)cc1)Nc1c[nH]c2ccc(Cl)cc12. The fraction of sp³-hybridized carbons (Fsp3) is 0.211. The zero-order valence-corrected chi connectivity index (χ0v) is 16.1. The maximum Gasteiger partial charge on any atom is 0.441 e. The van der Waals surface area contributed by atoms with Crippen LogP contribution >= 0.6 is 23.4 Å². The number of carbonyl (C=O) groups excluding carboxylic acids is 1. The lowest BCUT2D eigenvalue weighted by Gasteiger charge is -2.08. The Morgan fingerprint density at radius 1 is 1.11 bits per heavy atom. The van der Waals surface area contributed by atoms with Crippen LogP contribution in [0.1, 0.15) is 12.0 Å². The van der Waals surface area contributed by atoms with Gasteiger partial charge in [-0.25, -0.2) is 4.79 Å². The lowest BCUT2D eigenvalue weighted by Crippen LogP contribution is -2.19. The molecule has 2 aromatic carbocycles. The topological polar surface area (TPSA) is 56.9 Å². The molecule has 1 aromatic heterocycles. The number of rotatable bonds is 6. The van der Waals surface area contributed by atoms with Crippen molar-refractivity contribution >= 4 is 51.7 Å². The molecule has 0 unspecified atom stereocenters. The first-order chi connectivity index (χ1) is 13.3. The maximum absolute atomic E-state index is 12.2. The van der Waals surface area contributed by atoms with E-state index in [1.165, 1.54) is 0 Å². The number of nitrogens with one attached hydrogen (secondary N) is 3. The highest BCUT2D eigenvalue weighted by molar-refractivity contribution is 8.00. The van der Waals surface area contributed by atoms with Gasteiger partial charge in [-0.1, -0.05) is 35.5 Å². The number of hydrogen-bond acceptors (Lipinski definition) is 2. The van der Waals surface area contributed by atoms with Crippen LogP contribution in [0.3, 0.4) is 0 Å². The summed E-state index contributed by atoms with van der Waals surface area (Å²) >= 11 is 5.99. The van der Waals surface area contributed by atoms with Crippen molar-refractivity contribution in [2.45, 2.75) is 18.3 Å². The second kappa shape index (κ2) is 8.79. The lowest BCUT2D eigenvalue weighted by atomic mass is 10.1. The van der Waals surface area contributed by atoms with Crippen molar-refractivity contribution in [2.75, 3.05) is 16.4 Å². The molecular weight excluding hydrogens is 411 g/mol. The first kappa shape index (κ1) is 20.4. The minimum atomic E-state index is -4.18. The third kappa shape index (κ3) is 5.84. The molecule has 4 nitrogen and oxygen atoms in total. The zero-order valence-electron chi connectivity index (χ0n) is 14.6. The fourth-order valence-corrected chi connectivity index (χ4v) is 3.39. The second-order valence-corrected chi connectivity index (χ2v) is 7.66. The summed E-state index contributed by atoms with van der Waals surface area (Å²) in [5.74, 6) is 0.0283. The number of aryl methyl sites for hydroxylation is 1. The van der Waals surface area contributed by atoms with E-state index in [1.807, 2.05) is 6.07 Å². The van der Waals surface area contributed by atoms with Crippen LogP contribution in [-0.4, -0.2) is 22.3 Å². The number of carbonyl (C=O) groups is 1. The molecule has 3 aromatic rings. The smallest absolute Gasteiger partial charge is 0.359 e. The van der Waals surface area contributed by atoms with Crippen molar-refractivity contribution < 1.29 is 18.0 Å². The van der Waals surface area contributed by atoms with E-state index in [2.05, 4.69) is 15.6 Å². The van der Waals surface area contributed by atoms with Crippen LogP contribution in [0.25, 0.3) is 10.9 Å². The van der Waals surface area contributed by atoms with Gasteiger partial charge in [0, 0.05) is 33.6 Å². The third-order valence-corrected chi connectivity index (χ3v) is 5.03. The minimum Gasteiger partial charge on any atom is -0.359 e. The molecule has 3 rings (SSSR count). The van der Waals surface area contributed by atoms with Gasteiger partial charge >= 0.3 is 11.5 Å². The van der Waals surface area contributed by atoms with Crippen molar-refractivity contribution in [1.82, 2.24) is 4.98 Å². The number of halogens is 4. The van der Waals surface area contributed by atoms with E-state index in [0.717, 1.165) is 16.5 Å². The van der Waals surface area contributed by atoms with Crippen molar-refractivity contribution in [3.63, 3.8) is 0 Å². The molecule has 0 atom stereocenters. The van der Waals surface area contributed by atoms with Crippen molar-refractivity contribution in [1.29, 1.82) is 0 Å². The van der Waals surface area contributed by atoms with Crippen LogP contribution in [0, 0.1) is 0 Å². The van der Waals surface area contributed by atoms with Crippen molar-refractivity contribution in [3.05, 3.63) is 59.2 Å². The van der Waals surface area contributed by atoms with Gasteiger partial charge in [-0.3, -0.25) is 0 Å². The number of H-pyrrole nitrogens is 1. The van der Waals surface area contributed by atoms with E-state index < -0.39 is 11.5 Å². The van der Waals surface area contributed by atoms with Gasteiger partial charge in [0.25, 0.3) is 0 Å². The molecular formula is C19H17ClF3N3OS. The van der Waals surface area contributed by atoms with Gasteiger partial charge in [-0.2, -0.15) is 13.2 Å². The maximum atomic E-state index is 12.2. The average Bonchev–Trinajstić information content (AvgIpc) is 3.01. The Balaban J connectivity index is 1.52. The third-order valence-electron chi connectivity index (χ3n) is 3.98. The number of fused-ring (bicyclic) bond motifs is 1. The van der Waals surface area contributed by atoms with Crippen molar-refractivity contribution in [3.8, 4) is 0 Å². The summed E-state index contributed by atoms with van der Waals surface area (Å²) in [6, 6.07) is 12.0. The molecule has 3 N–H and O–H groups in total. The van der Waals surface area contributed by atoms with E-state index in [0.29, 0.717) is 29.2 Å². The Kier molecular flexibility index (Phi) is 6.41. The second-order valence-electron chi connectivity index (χ2n) is 6.07. The highest BCUT2D eigenvalue weighted by atomic mass is 35.5. The molecule has 2 amide bonds. The van der Waals surface area contributed by atoms with Gasteiger partial charge < -0.3 is 15.6 Å². The highest BCUT2D eigenvalue weighted by Gasteiger charge is 2.27. The van der Waals surface area contributed by atoms with E-state index in [-0.39, 0.29) is 17.5 Å². The van der Waals surface area contributed by atoms with Gasteiger partial charge in [-0.05, 0) is 48.7 Å². The highest BCUT2D eigenvalue weighted by Crippen LogP contribution is 2.31. The van der Waals surface area contributed by atoms with Gasteiger partial charge in [0.15, 0.2) is 0 Å². The molecule has 0 aliphatic carbocycles. The molecule has 0 saturated carbocycles. The number of anilines is 2. The molecule has 0 bridgehead atoms. The van der Waals surface area contributed by atoms with Crippen LogP contribution in [0.4, 0.5) is 29.3 Å². The molecule has 0 fully saturated rings. The van der Waals surface area contributed by atoms with Gasteiger partial charge in [0.05, 0.1) is 5.69 Å². The first-order valence-electron chi connectivity index (χ1n) is 8.44. The summed E-state index contributed by atoms with van der Waals surface area (Å²) in [5.41, 5.74) is -1.22. The summed E-state index contributed by atoms with van der Waals surface area (Å²) in [6.07, 6.45) is 2.66. The number of benzene rings is 2. The minimum absolute atomic E-state index is 0.00854. The largest absolute Gasteiger partial charge is 0.441 e. The number of aromatic amines is 1. The molecule has 148 valence electrons. The zero-order chi connectivity index (χ0) is 20.1. The number of thioether (sulfide) groups is 1. The Morgan fingerprint density at radius 2 is 1.86 bits per heavy atom. The number of aromatic nitrogens is 1.